The van der Waals surface area contributed by atoms with Crippen molar-refractivity contribution in [3.63, 3.8) is 0 Å². The Labute approximate surface area is 174 Å². The molecule has 1 aliphatic heterocycles. The molecule has 1 fully saturated rings. The molecule has 3 aromatic rings. The predicted octanol–water partition coefficient (Wildman–Crippen LogP) is 2.53. The fourth-order valence-corrected chi connectivity index (χ4v) is 3.70. The lowest BCUT2D eigenvalue weighted by atomic mass is 10.0. The summed E-state index contributed by atoms with van der Waals surface area (Å²) in [6.07, 6.45) is 2.13. The molecule has 30 heavy (non-hydrogen) atoms. The molecule has 8 heteroatoms. The van der Waals surface area contributed by atoms with Gasteiger partial charge in [0.1, 0.15) is 11.8 Å². The van der Waals surface area contributed by atoms with Gasteiger partial charge in [-0.2, -0.15) is 0 Å². The maximum atomic E-state index is 12.8. The number of carbonyl (C=O) groups is 1. The third kappa shape index (κ3) is 3.79. The number of methoxy groups -OCH3 is 1. The second-order valence-electron chi connectivity index (χ2n) is 7.64. The summed E-state index contributed by atoms with van der Waals surface area (Å²) in [5, 5.41) is 3.38. The summed E-state index contributed by atoms with van der Waals surface area (Å²) >= 11 is 0. The van der Waals surface area contributed by atoms with Crippen LogP contribution in [0.1, 0.15) is 37.9 Å². The van der Waals surface area contributed by atoms with Gasteiger partial charge in [0.15, 0.2) is 0 Å². The second kappa shape index (κ2) is 8.25. The molecule has 0 bridgehead atoms. The SMILES string of the molecule is COc1ccccc1C1CC(C(=O)Nc2ccc3ncn(C(C)C)c(=O)c3c2)NN1. The summed E-state index contributed by atoms with van der Waals surface area (Å²) in [6, 6.07) is 12.5. The number of para-hydroxylation sites is 1. The minimum absolute atomic E-state index is 0.00771. The molecule has 8 nitrogen and oxygen atoms in total. The van der Waals surface area contributed by atoms with Gasteiger partial charge < -0.3 is 10.1 Å². The van der Waals surface area contributed by atoms with E-state index in [4.69, 9.17) is 4.74 Å². The van der Waals surface area contributed by atoms with Crippen LogP contribution in [-0.2, 0) is 4.79 Å². The van der Waals surface area contributed by atoms with E-state index in [2.05, 4.69) is 21.2 Å². The van der Waals surface area contributed by atoms with Gasteiger partial charge in [0.05, 0.1) is 30.4 Å². The van der Waals surface area contributed by atoms with Crippen LogP contribution in [0.3, 0.4) is 0 Å². The molecule has 0 radical (unpaired) electrons. The van der Waals surface area contributed by atoms with Crippen molar-refractivity contribution in [3.05, 3.63) is 64.7 Å². The standard InChI is InChI=1S/C22H25N5O3/c1-13(2)27-12-23-17-9-8-14(10-16(17)22(27)29)24-21(28)19-11-18(25-26-19)15-6-4-5-7-20(15)30-3/h4-10,12-13,18-19,25-26H,11H2,1-3H3,(H,24,28). The van der Waals surface area contributed by atoms with Crippen molar-refractivity contribution in [2.24, 2.45) is 0 Å². The largest absolute Gasteiger partial charge is 0.496 e. The van der Waals surface area contributed by atoms with Crippen molar-refractivity contribution < 1.29 is 9.53 Å². The van der Waals surface area contributed by atoms with Gasteiger partial charge in [-0.05, 0) is 44.5 Å². The van der Waals surface area contributed by atoms with E-state index in [1.807, 2.05) is 38.1 Å². The number of hydrogen-bond acceptors (Lipinski definition) is 6. The van der Waals surface area contributed by atoms with Gasteiger partial charge in [-0.1, -0.05) is 18.2 Å². The maximum Gasteiger partial charge on any atom is 0.261 e. The quantitative estimate of drug-likeness (QED) is 0.601. The Bertz CT molecular complexity index is 1140. The Balaban J connectivity index is 1.51. The molecule has 2 unspecified atom stereocenters. The van der Waals surface area contributed by atoms with E-state index in [1.165, 1.54) is 0 Å². The summed E-state index contributed by atoms with van der Waals surface area (Å²) in [4.78, 5) is 29.8. The molecule has 0 saturated carbocycles. The number of aromatic nitrogens is 2. The zero-order valence-corrected chi connectivity index (χ0v) is 17.2. The topological polar surface area (TPSA) is 97.3 Å². The van der Waals surface area contributed by atoms with Gasteiger partial charge >= 0.3 is 0 Å². The zero-order chi connectivity index (χ0) is 21.3. The number of nitrogens with zero attached hydrogens (tertiary/aromatic N) is 2. The fourth-order valence-electron chi connectivity index (χ4n) is 3.70. The molecule has 1 aliphatic rings. The Morgan fingerprint density at radius 2 is 2.03 bits per heavy atom. The molecule has 1 saturated heterocycles. The molecular weight excluding hydrogens is 382 g/mol. The highest BCUT2D eigenvalue weighted by Gasteiger charge is 2.31. The maximum absolute atomic E-state index is 12.8. The molecule has 1 amide bonds. The number of fused-ring (bicyclic) bond motifs is 1. The Hall–Kier alpha value is -3.23. The first kappa shape index (κ1) is 20.1. The first-order chi connectivity index (χ1) is 14.5. The number of anilines is 1. The van der Waals surface area contributed by atoms with Crippen LogP contribution in [0, 0.1) is 0 Å². The van der Waals surface area contributed by atoms with E-state index < -0.39 is 6.04 Å². The van der Waals surface area contributed by atoms with Crippen LogP contribution in [0.5, 0.6) is 5.75 Å². The van der Waals surface area contributed by atoms with E-state index in [0.29, 0.717) is 23.0 Å². The minimum atomic E-state index is -0.420. The normalized spacial score (nSPS) is 18.7. The van der Waals surface area contributed by atoms with Crippen molar-refractivity contribution in [2.45, 2.75) is 38.4 Å². The molecule has 1 aromatic heterocycles. The molecule has 3 N–H and O–H groups in total. The minimum Gasteiger partial charge on any atom is -0.496 e. The summed E-state index contributed by atoms with van der Waals surface area (Å²) in [5.74, 6) is 0.605. The van der Waals surface area contributed by atoms with Crippen LogP contribution in [0.25, 0.3) is 10.9 Å². The van der Waals surface area contributed by atoms with Crippen LogP contribution < -0.4 is 26.5 Å². The third-order valence-electron chi connectivity index (χ3n) is 5.34. The van der Waals surface area contributed by atoms with Crippen LogP contribution in [0.2, 0.25) is 0 Å². The number of hydrazine groups is 1. The van der Waals surface area contributed by atoms with E-state index in [0.717, 1.165) is 11.3 Å². The van der Waals surface area contributed by atoms with Gasteiger partial charge in [0.25, 0.3) is 5.56 Å². The molecule has 156 valence electrons. The van der Waals surface area contributed by atoms with Gasteiger partial charge in [-0.15, -0.1) is 0 Å². The number of rotatable bonds is 5. The van der Waals surface area contributed by atoms with Crippen molar-refractivity contribution in [1.29, 1.82) is 0 Å². The smallest absolute Gasteiger partial charge is 0.261 e. The van der Waals surface area contributed by atoms with Crippen LogP contribution in [0.4, 0.5) is 5.69 Å². The fraction of sp³-hybridized carbons (Fsp3) is 0.318. The van der Waals surface area contributed by atoms with Crippen molar-refractivity contribution in [3.8, 4) is 5.75 Å². The van der Waals surface area contributed by atoms with Crippen molar-refractivity contribution in [2.75, 3.05) is 12.4 Å². The average Bonchev–Trinajstić information content (AvgIpc) is 3.24. The summed E-state index contributed by atoms with van der Waals surface area (Å²) < 4.78 is 7.00. The number of ether oxygens (including phenoxy) is 1. The van der Waals surface area contributed by atoms with E-state index in [9.17, 15) is 9.59 Å². The Morgan fingerprint density at radius 1 is 1.23 bits per heavy atom. The molecule has 4 rings (SSSR count). The van der Waals surface area contributed by atoms with Crippen molar-refractivity contribution in [1.82, 2.24) is 20.4 Å². The highest BCUT2D eigenvalue weighted by atomic mass is 16.5. The van der Waals surface area contributed by atoms with Crippen LogP contribution >= 0.6 is 0 Å². The monoisotopic (exact) mass is 407 g/mol. The van der Waals surface area contributed by atoms with E-state index in [1.54, 1.807) is 36.2 Å². The summed E-state index contributed by atoms with van der Waals surface area (Å²) in [6.45, 7) is 3.86. The lowest BCUT2D eigenvalue weighted by Crippen LogP contribution is -2.39. The lowest BCUT2D eigenvalue weighted by Gasteiger charge is -2.14. The Kier molecular flexibility index (Phi) is 5.52. The highest BCUT2D eigenvalue weighted by Crippen LogP contribution is 2.30. The number of carbonyl (C=O) groups excluding carboxylic acids is 1. The highest BCUT2D eigenvalue weighted by molar-refractivity contribution is 5.96. The van der Waals surface area contributed by atoms with E-state index >= 15 is 0 Å². The predicted molar refractivity (Wildman–Crippen MR) is 115 cm³/mol. The molecule has 2 aromatic carbocycles. The number of amides is 1. The lowest BCUT2D eigenvalue weighted by molar-refractivity contribution is -0.117. The molecule has 0 spiro atoms. The zero-order valence-electron chi connectivity index (χ0n) is 17.2. The molecular formula is C22H25N5O3. The molecule has 0 aliphatic carbocycles. The first-order valence-electron chi connectivity index (χ1n) is 9.93. The number of hydrogen-bond donors (Lipinski definition) is 3. The van der Waals surface area contributed by atoms with Gasteiger partial charge in [-0.3, -0.25) is 14.2 Å². The summed E-state index contributed by atoms with van der Waals surface area (Å²) in [7, 11) is 1.63. The van der Waals surface area contributed by atoms with Crippen LogP contribution in [-0.4, -0.2) is 28.6 Å². The first-order valence-corrected chi connectivity index (χ1v) is 9.93. The third-order valence-corrected chi connectivity index (χ3v) is 5.34. The Morgan fingerprint density at radius 3 is 2.80 bits per heavy atom. The van der Waals surface area contributed by atoms with Gasteiger partial charge in [-0.25, -0.2) is 15.8 Å². The van der Waals surface area contributed by atoms with Crippen molar-refractivity contribution >= 4 is 22.5 Å². The second-order valence-corrected chi connectivity index (χ2v) is 7.64. The molecule has 2 heterocycles. The number of benzene rings is 2. The molecule has 2 atom stereocenters. The van der Waals surface area contributed by atoms with E-state index in [-0.39, 0.29) is 23.6 Å². The number of nitrogens with one attached hydrogen (secondary N) is 3. The van der Waals surface area contributed by atoms with Gasteiger partial charge in [0, 0.05) is 17.3 Å². The van der Waals surface area contributed by atoms with Gasteiger partial charge in [0.2, 0.25) is 5.91 Å². The average molecular weight is 407 g/mol. The summed E-state index contributed by atoms with van der Waals surface area (Å²) in [5.41, 5.74) is 8.26. The van der Waals surface area contributed by atoms with Crippen LogP contribution in [0.15, 0.2) is 53.6 Å².